The normalized spacial score (nSPS) is 20.2. The maximum Gasteiger partial charge on any atom is 0.226 e. The molecule has 1 atom stereocenters. The smallest absolute Gasteiger partial charge is 0.226 e. The van der Waals surface area contributed by atoms with Gasteiger partial charge in [0.2, 0.25) is 5.91 Å². The summed E-state index contributed by atoms with van der Waals surface area (Å²) in [6.07, 6.45) is 0.734. The van der Waals surface area contributed by atoms with Crippen molar-refractivity contribution in [1.29, 1.82) is 0 Å². The van der Waals surface area contributed by atoms with Gasteiger partial charge in [-0.15, -0.1) is 0 Å². The minimum atomic E-state index is -2.98. The molecular weight excluding hydrogens is 314 g/mol. The number of benzene rings is 1. The number of ether oxygens (including phenoxy) is 1. The van der Waals surface area contributed by atoms with Crippen molar-refractivity contribution in [2.24, 2.45) is 0 Å². The lowest BCUT2D eigenvalue weighted by atomic mass is 10.2. The molecule has 1 aromatic rings. The van der Waals surface area contributed by atoms with Crippen LogP contribution in [0.15, 0.2) is 24.3 Å². The predicted molar refractivity (Wildman–Crippen MR) is 81.4 cm³/mol. The fraction of sp³-hybridized carbons (Fsp3) is 0.500. The zero-order valence-electron chi connectivity index (χ0n) is 11.8. The molecule has 0 bridgehead atoms. The summed E-state index contributed by atoms with van der Waals surface area (Å²) in [5.41, 5.74) is 0. The van der Waals surface area contributed by atoms with E-state index in [0.717, 1.165) is 0 Å². The maximum absolute atomic E-state index is 12.0. The van der Waals surface area contributed by atoms with Gasteiger partial charge in [-0.2, -0.15) is 0 Å². The Bertz CT molecular complexity index is 600. The summed E-state index contributed by atoms with van der Waals surface area (Å²) in [7, 11) is -1.33. The third-order valence-electron chi connectivity index (χ3n) is 3.55. The van der Waals surface area contributed by atoms with E-state index in [4.69, 9.17) is 16.3 Å². The Labute approximate surface area is 129 Å². The minimum Gasteiger partial charge on any atom is -0.493 e. The molecule has 0 spiro atoms. The van der Waals surface area contributed by atoms with Crippen molar-refractivity contribution in [3.8, 4) is 5.75 Å². The van der Waals surface area contributed by atoms with E-state index < -0.39 is 9.84 Å². The van der Waals surface area contributed by atoms with Crippen molar-refractivity contribution >= 4 is 27.3 Å². The first kappa shape index (κ1) is 16.1. The van der Waals surface area contributed by atoms with Crippen molar-refractivity contribution < 1.29 is 17.9 Å². The molecule has 1 amide bonds. The van der Waals surface area contributed by atoms with E-state index in [9.17, 15) is 13.2 Å². The number of carbonyl (C=O) groups is 1. The number of nitrogens with zero attached hydrogens (tertiary/aromatic N) is 1. The molecule has 2 rings (SSSR count). The highest BCUT2D eigenvalue weighted by Gasteiger charge is 2.32. The molecule has 1 fully saturated rings. The van der Waals surface area contributed by atoms with E-state index in [1.807, 2.05) is 0 Å². The van der Waals surface area contributed by atoms with Gasteiger partial charge in [0.05, 0.1) is 24.5 Å². The fourth-order valence-electron chi connectivity index (χ4n) is 2.25. The van der Waals surface area contributed by atoms with Crippen molar-refractivity contribution in [2.45, 2.75) is 18.9 Å². The SMILES string of the molecule is CN(C(=O)CCOc1ccc(Cl)cc1)C1CCS(=O)(=O)C1. The first-order valence-corrected chi connectivity index (χ1v) is 8.92. The molecule has 0 aromatic heterocycles. The van der Waals surface area contributed by atoms with Gasteiger partial charge < -0.3 is 9.64 Å². The molecule has 1 heterocycles. The summed E-state index contributed by atoms with van der Waals surface area (Å²) in [4.78, 5) is 13.5. The lowest BCUT2D eigenvalue weighted by Crippen LogP contribution is -2.38. The van der Waals surface area contributed by atoms with Crippen LogP contribution in [-0.4, -0.2) is 50.4 Å². The highest BCUT2D eigenvalue weighted by atomic mass is 35.5. The van der Waals surface area contributed by atoms with Gasteiger partial charge in [-0.3, -0.25) is 4.79 Å². The number of halogens is 1. The molecule has 0 aliphatic carbocycles. The van der Waals surface area contributed by atoms with E-state index in [1.165, 1.54) is 4.90 Å². The van der Waals surface area contributed by atoms with E-state index >= 15 is 0 Å². The summed E-state index contributed by atoms with van der Waals surface area (Å²) in [5.74, 6) is 0.772. The van der Waals surface area contributed by atoms with Gasteiger partial charge >= 0.3 is 0 Å². The molecular formula is C14H18ClNO4S. The highest BCUT2D eigenvalue weighted by molar-refractivity contribution is 7.91. The topological polar surface area (TPSA) is 63.7 Å². The molecule has 1 aliphatic rings. The number of rotatable bonds is 5. The van der Waals surface area contributed by atoms with Crippen molar-refractivity contribution in [1.82, 2.24) is 4.90 Å². The molecule has 1 aromatic carbocycles. The predicted octanol–water partition coefficient (Wildman–Crippen LogP) is 1.75. The van der Waals surface area contributed by atoms with Gasteiger partial charge in [0.15, 0.2) is 9.84 Å². The van der Waals surface area contributed by atoms with Gasteiger partial charge in [0.25, 0.3) is 0 Å². The van der Waals surface area contributed by atoms with Crippen molar-refractivity contribution in [3.05, 3.63) is 29.3 Å². The number of amides is 1. The average molecular weight is 332 g/mol. The zero-order valence-corrected chi connectivity index (χ0v) is 13.4. The molecule has 1 saturated heterocycles. The first-order valence-electron chi connectivity index (χ1n) is 6.72. The molecule has 7 heteroatoms. The molecule has 5 nitrogen and oxygen atoms in total. The van der Waals surface area contributed by atoms with Crippen LogP contribution >= 0.6 is 11.6 Å². The van der Waals surface area contributed by atoms with Crippen LogP contribution in [0, 0.1) is 0 Å². The minimum absolute atomic E-state index is 0.0628. The van der Waals surface area contributed by atoms with Crippen molar-refractivity contribution in [2.75, 3.05) is 25.2 Å². The monoisotopic (exact) mass is 331 g/mol. The van der Waals surface area contributed by atoms with Gasteiger partial charge in [-0.05, 0) is 30.7 Å². The lowest BCUT2D eigenvalue weighted by Gasteiger charge is -2.23. The Morgan fingerprint density at radius 1 is 1.38 bits per heavy atom. The van der Waals surface area contributed by atoms with Gasteiger partial charge in [0.1, 0.15) is 5.75 Å². The average Bonchev–Trinajstić information content (AvgIpc) is 2.80. The summed E-state index contributed by atoms with van der Waals surface area (Å²) in [6.45, 7) is 0.254. The zero-order chi connectivity index (χ0) is 15.5. The molecule has 0 radical (unpaired) electrons. The summed E-state index contributed by atoms with van der Waals surface area (Å²) in [6, 6.07) is 6.70. The Balaban J connectivity index is 1.78. The number of sulfone groups is 1. The molecule has 116 valence electrons. The quantitative estimate of drug-likeness (QED) is 0.824. The highest BCUT2D eigenvalue weighted by Crippen LogP contribution is 2.18. The van der Waals surface area contributed by atoms with Gasteiger partial charge in [0, 0.05) is 18.1 Å². The van der Waals surface area contributed by atoms with Crippen LogP contribution in [0.1, 0.15) is 12.8 Å². The second-order valence-electron chi connectivity index (χ2n) is 5.11. The molecule has 0 N–H and O–H groups in total. The van der Waals surface area contributed by atoms with E-state index in [-0.39, 0.29) is 36.5 Å². The Hall–Kier alpha value is -1.27. The summed E-state index contributed by atoms with van der Waals surface area (Å²) >= 11 is 5.77. The van der Waals surface area contributed by atoms with Crippen LogP contribution in [0.5, 0.6) is 5.75 Å². The third-order valence-corrected chi connectivity index (χ3v) is 5.55. The second kappa shape index (κ2) is 6.66. The lowest BCUT2D eigenvalue weighted by molar-refractivity contribution is -0.132. The van der Waals surface area contributed by atoms with Crippen LogP contribution < -0.4 is 4.74 Å². The Kier molecular flexibility index (Phi) is 5.11. The molecule has 1 unspecified atom stereocenters. The van der Waals surface area contributed by atoms with E-state index in [0.29, 0.717) is 17.2 Å². The summed E-state index contributed by atoms with van der Waals surface area (Å²) < 4.78 is 28.3. The molecule has 21 heavy (non-hydrogen) atoms. The van der Waals surface area contributed by atoms with Crippen LogP contribution in [0.4, 0.5) is 0 Å². The first-order chi connectivity index (χ1) is 9.87. The van der Waals surface area contributed by atoms with E-state index in [1.54, 1.807) is 31.3 Å². The van der Waals surface area contributed by atoms with Crippen LogP contribution in [-0.2, 0) is 14.6 Å². The Morgan fingerprint density at radius 3 is 2.62 bits per heavy atom. The Morgan fingerprint density at radius 2 is 2.05 bits per heavy atom. The van der Waals surface area contributed by atoms with Crippen molar-refractivity contribution in [3.63, 3.8) is 0 Å². The number of carbonyl (C=O) groups excluding carboxylic acids is 1. The number of hydrogen-bond donors (Lipinski definition) is 0. The number of hydrogen-bond acceptors (Lipinski definition) is 4. The third kappa shape index (κ3) is 4.61. The summed E-state index contributed by atoms with van der Waals surface area (Å²) in [5, 5.41) is 0.626. The maximum atomic E-state index is 12.0. The molecule has 1 aliphatic heterocycles. The van der Waals surface area contributed by atoms with Crippen LogP contribution in [0.25, 0.3) is 0 Å². The van der Waals surface area contributed by atoms with E-state index in [2.05, 4.69) is 0 Å². The largest absolute Gasteiger partial charge is 0.493 e. The fourth-order valence-corrected chi connectivity index (χ4v) is 4.15. The van der Waals surface area contributed by atoms with Crippen LogP contribution in [0.3, 0.4) is 0 Å². The van der Waals surface area contributed by atoms with Gasteiger partial charge in [-0.25, -0.2) is 8.42 Å². The molecule has 0 saturated carbocycles. The second-order valence-corrected chi connectivity index (χ2v) is 7.78. The van der Waals surface area contributed by atoms with Gasteiger partial charge in [-0.1, -0.05) is 11.6 Å². The van der Waals surface area contributed by atoms with Crippen LogP contribution in [0.2, 0.25) is 5.02 Å². The standard InChI is InChI=1S/C14H18ClNO4S/c1-16(12-7-9-21(18,19)10-12)14(17)6-8-20-13-4-2-11(15)3-5-13/h2-5,12H,6-10H2,1H3.